The third kappa shape index (κ3) is 5.17. The Kier molecular flexibility index (Phi) is 6.66. The van der Waals surface area contributed by atoms with E-state index in [0.29, 0.717) is 27.8 Å². The monoisotopic (exact) mass is 464 g/mol. The van der Waals surface area contributed by atoms with Gasteiger partial charge in [-0.05, 0) is 79.3 Å². The topological polar surface area (TPSA) is 55.8 Å². The van der Waals surface area contributed by atoms with E-state index >= 15 is 0 Å². The number of hydrogen-bond donors (Lipinski definition) is 1. The van der Waals surface area contributed by atoms with Crippen LogP contribution in [0.15, 0.2) is 72.8 Å². The molecule has 5 heteroatoms. The van der Waals surface area contributed by atoms with Crippen LogP contribution in [0.2, 0.25) is 5.02 Å². The van der Waals surface area contributed by atoms with Crippen molar-refractivity contribution in [2.75, 3.05) is 0 Å². The molecule has 0 saturated heterocycles. The molecule has 1 saturated carbocycles. The number of aliphatic carboxylic acids is 1. The number of carbonyl (C=O) groups is 1. The molecule has 1 aliphatic carbocycles. The zero-order valence-electron chi connectivity index (χ0n) is 19.0. The van der Waals surface area contributed by atoms with Gasteiger partial charge in [-0.1, -0.05) is 62.1 Å². The third-order valence-electron chi connectivity index (χ3n) is 6.69. The predicted molar refractivity (Wildman–Crippen MR) is 130 cm³/mol. The van der Waals surface area contributed by atoms with Gasteiger partial charge in [-0.3, -0.25) is 0 Å². The summed E-state index contributed by atoms with van der Waals surface area (Å²) in [5.74, 6) is 0.719. The number of carboxylic acids is 1. The Bertz CT molecular complexity index is 1080. The van der Waals surface area contributed by atoms with Gasteiger partial charge in [0.15, 0.2) is 0 Å². The molecule has 1 aliphatic rings. The maximum absolute atomic E-state index is 12.2. The van der Waals surface area contributed by atoms with Crippen LogP contribution in [-0.2, 0) is 15.8 Å². The number of rotatable bonds is 7. The molecule has 0 bridgehead atoms. The van der Waals surface area contributed by atoms with E-state index in [1.54, 1.807) is 55.5 Å². The normalized spacial score (nSPS) is 17.1. The van der Waals surface area contributed by atoms with Crippen LogP contribution < -0.4 is 9.47 Å². The smallest absolute Gasteiger partial charge is 0.352 e. The lowest BCUT2D eigenvalue weighted by atomic mass is 9.71. The number of carboxylic acid groups (broad SMARTS) is 1. The summed E-state index contributed by atoms with van der Waals surface area (Å²) in [4.78, 5) is 12.2. The van der Waals surface area contributed by atoms with Gasteiger partial charge in [0.2, 0.25) is 5.60 Å². The van der Waals surface area contributed by atoms with Gasteiger partial charge in [-0.25, -0.2) is 4.79 Å². The van der Waals surface area contributed by atoms with Crippen molar-refractivity contribution in [3.8, 4) is 17.2 Å². The second-order valence-corrected chi connectivity index (χ2v) is 9.60. The largest absolute Gasteiger partial charge is 0.478 e. The van der Waals surface area contributed by atoms with Crippen LogP contribution in [0.3, 0.4) is 0 Å². The van der Waals surface area contributed by atoms with Gasteiger partial charge in [0.05, 0.1) is 0 Å². The fraction of sp³-hybridized carbons (Fsp3) is 0.321. The molecule has 1 atom stereocenters. The number of ether oxygens (including phenoxy) is 2. The van der Waals surface area contributed by atoms with Crippen LogP contribution in [-0.4, -0.2) is 11.1 Å². The van der Waals surface area contributed by atoms with Gasteiger partial charge in [-0.15, -0.1) is 0 Å². The first kappa shape index (κ1) is 23.2. The summed E-state index contributed by atoms with van der Waals surface area (Å²) in [6.45, 7) is 3.89. The molecule has 1 fully saturated rings. The minimum atomic E-state index is -1.53. The highest BCUT2D eigenvalue weighted by molar-refractivity contribution is 6.30. The number of halogens is 1. The minimum Gasteiger partial charge on any atom is -0.478 e. The zero-order valence-corrected chi connectivity index (χ0v) is 19.8. The summed E-state index contributed by atoms with van der Waals surface area (Å²) in [5, 5.41) is 10.6. The van der Waals surface area contributed by atoms with Crippen LogP contribution >= 0.6 is 11.6 Å². The van der Waals surface area contributed by atoms with Crippen molar-refractivity contribution in [3.63, 3.8) is 0 Å². The number of benzene rings is 3. The fourth-order valence-electron chi connectivity index (χ4n) is 4.49. The molecule has 4 nitrogen and oxygen atoms in total. The maximum Gasteiger partial charge on any atom is 0.352 e. The molecule has 0 radical (unpaired) electrons. The maximum atomic E-state index is 12.2. The van der Waals surface area contributed by atoms with Crippen molar-refractivity contribution in [2.24, 2.45) is 0 Å². The van der Waals surface area contributed by atoms with Crippen molar-refractivity contribution in [3.05, 3.63) is 88.9 Å². The van der Waals surface area contributed by atoms with Crippen molar-refractivity contribution < 1.29 is 19.4 Å². The van der Waals surface area contributed by atoms with E-state index in [9.17, 15) is 9.90 Å². The third-order valence-corrected chi connectivity index (χ3v) is 6.94. The Balaban J connectivity index is 1.51. The van der Waals surface area contributed by atoms with Crippen LogP contribution in [0, 0.1) is 0 Å². The van der Waals surface area contributed by atoms with Crippen molar-refractivity contribution in [1.29, 1.82) is 0 Å². The van der Waals surface area contributed by atoms with Gasteiger partial charge >= 0.3 is 5.97 Å². The quantitative estimate of drug-likeness (QED) is 0.388. The molecule has 3 aromatic rings. The Morgan fingerprint density at radius 2 is 1.36 bits per heavy atom. The first-order chi connectivity index (χ1) is 15.8. The van der Waals surface area contributed by atoms with Crippen LogP contribution in [0.4, 0.5) is 0 Å². The SMILES string of the molecule is CC1(c2ccc(OC(C)(C(=O)O)c3ccc(Oc4ccc(Cl)cc4)cc3)cc2)CCCCC1. The summed E-state index contributed by atoms with van der Waals surface area (Å²) in [6.07, 6.45) is 6.18. The molecule has 4 rings (SSSR count). The summed E-state index contributed by atoms with van der Waals surface area (Å²) in [6, 6.07) is 21.9. The highest BCUT2D eigenvalue weighted by Gasteiger charge is 2.38. The zero-order chi connectivity index (χ0) is 23.5. The lowest BCUT2D eigenvalue weighted by molar-refractivity contribution is -0.154. The average molecular weight is 465 g/mol. The number of hydrogen-bond acceptors (Lipinski definition) is 3. The lowest BCUT2D eigenvalue weighted by Crippen LogP contribution is -2.38. The van der Waals surface area contributed by atoms with Crippen LogP contribution in [0.5, 0.6) is 17.2 Å². The predicted octanol–water partition coefficient (Wildman–Crippen LogP) is 7.73. The molecule has 33 heavy (non-hydrogen) atoms. The summed E-state index contributed by atoms with van der Waals surface area (Å²) in [5.41, 5.74) is 0.471. The van der Waals surface area contributed by atoms with Gasteiger partial charge < -0.3 is 14.6 Å². The highest BCUT2D eigenvalue weighted by Crippen LogP contribution is 2.40. The first-order valence-corrected chi connectivity index (χ1v) is 11.7. The summed E-state index contributed by atoms with van der Waals surface area (Å²) < 4.78 is 11.9. The van der Waals surface area contributed by atoms with E-state index in [1.165, 1.54) is 37.7 Å². The second kappa shape index (κ2) is 9.48. The molecule has 3 aromatic carbocycles. The standard InChI is InChI=1S/C28H29ClO4/c1-27(18-4-3-5-19-27)20-6-14-25(15-7-20)33-28(2,26(30)31)21-8-12-23(13-9-21)32-24-16-10-22(29)11-17-24/h6-17H,3-5,18-19H2,1-2H3,(H,30,31). The van der Waals surface area contributed by atoms with Crippen molar-refractivity contribution >= 4 is 17.6 Å². The molecular weight excluding hydrogens is 436 g/mol. The van der Waals surface area contributed by atoms with Gasteiger partial charge in [0, 0.05) is 10.6 Å². The lowest BCUT2D eigenvalue weighted by Gasteiger charge is -2.34. The van der Waals surface area contributed by atoms with Gasteiger partial charge in [0.25, 0.3) is 0 Å². The van der Waals surface area contributed by atoms with E-state index in [2.05, 4.69) is 19.1 Å². The summed E-state index contributed by atoms with van der Waals surface area (Å²) in [7, 11) is 0. The minimum absolute atomic E-state index is 0.187. The Morgan fingerprint density at radius 1 is 0.848 bits per heavy atom. The molecule has 0 spiro atoms. The fourth-order valence-corrected chi connectivity index (χ4v) is 4.61. The Hall–Kier alpha value is -2.98. The van der Waals surface area contributed by atoms with Gasteiger partial charge in [0.1, 0.15) is 17.2 Å². The second-order valence-electron chi connectivity index (χ2n) is 9.17. The van der Waals surface area contributed by atoms with Crippen molar-refractivity contribution in [2.45, 2.75) is 57.0 Å². The van der Waals surface area contributed by atoms with Gasteiger partial charge in [-0.2, -0.15) is 0 Å². The highest BCUT2D eigenvalue weighted by atomic mass is 35.5. The molecule has 1 unspecified atom stereocenters. The van der Waals surface area contributed by atoms with E-state index < -0.39 is 11.6 Å². The van der Waals surface area contributed by atoms with E-state index in [1.807, 2.05) is 12.1 Å². The van der Waals surface area contributed by atoms with E-state index in [-0.39, 0.29) is 5.41 Å². The van der Waals surface area contributed by atoms with Crippen molar-refractivity contribution in [1.82, 2.24) is 0 Å². The van der Waals surface area contributed by atoms with E-state index in [4.69, 9.17) is 21.1 Å². The molecule has 0 amide bonds. The molecule has 0 heterocycles. The Morgan fingerprint density at radius 3 is 1.91 bits per heavy atom. The van der Waals surface area contributed by atoms with Crippen LogP contribution in [0.25, 0.3) is 0 Å². The molecular formula is C28H29ClO4. The first-order valence-electron chi connectivity index (χ1n) is 11.4. The molecule has 1 N–H and O–H groups in total. The van der Waals surface area contributed by atoms with Crippen LogP contribution in [0.1, 0.15) is 57.1 Å². The molecule has 172 valence electrons. The summed E-state index contributed by atoms with van der Waals surface area (Å²) >= 11 is 5.91. The molecule has 0 aliphatic heterocycles. The molecule has 0 aromatic heterocycles. The Labute approximate surface area is 200 Å². The average Bonchev–Trinajstić information content (AvgIpc) is 2.82. The van der Waals surface area contributed by atoms with E-state index in [0.717, 1.165) is 0 Å².